The van der Waals surface area contributed by atoms with Gasteiger partial charge in [0, 0.05) is 36.2 Å². The zero-order valence-electron chi connectivity index (χ0n) is 13.1. The van der Waals surface area contributed by atoms with Crippen LogP contribution < -0.4 is 0 Å². The maximum atomic E-state index is 5.91. The molecule has 0 spiro atoms. The topological polar surface area (TPSA) is 6.48 Å². The second kappa shape index (κ2) is 8.54. The molecule has 118 valence electrons. The molecule has 2 rings (SSSR count). The van der Waals surface area contributed by atoms with Crippen LogP contribution in [0.2, 0.25) is 10.0 Å². The van der Waals surface area contributed by atoms with Crippen LogP contribution in [-0.4, -0.2) is 37.0 Å². The van der Waals surface area contributed by atoms with Crippen LogP contribution in [0.15, 0.2) is 48.5 Å². The van der Waals surface area contributed by atoms with Crippen LogP contribution in [0.25, 0.3) is 0 Å². The number of halogens is 2. The molecule has 2 nitrogen and oxygen atoms in total. The van der Waals surface area contributed by atoms with Crippen molar-refractivity contribution in [2.45, 2.75) is 13.1 Å². The Morgan fingerprint density at radius 2 is 0.955 bits per heavy atom. The van der Waals surface area contributed by atoms with Gasteiger partial charge in [-0.25, -0.2) is 0 Å². The highest BCUT2D eigenvalue weighted by Crippen LogP contribution is 2.12. The predicted octanol–water partition coefficient (Wildman–Crippen LogP) is 4.56. The molecule has 0 aliphatic carbocycles. The van der Waals surface area contributed by atoms with E-state index in [1.165, 1.54) is 11.1 Å². The second-order valence-electron chi connectivity index (χ2n) is 5.73. The SMILES string of the molecule is CN(CCN(C)Cc1ccc(Cl)cc1)Cc1ccc(Cl)cc1. The first-order valence-corrected chi connectivity index (χ1v) is 8.14. The van der Waals surface area contributed by atoms with Crippen LogP contribution in [0.3, 0.4) is 0 Å². The van der Waals surface area contributed by atoms with Gasteiger partial charge in [0.1, 0.15) is 0 Å². The van der Waals surface area contributed by atoms with Crippen LogP contribution in [-0.2, 0) is 13.1 Å². The van der Waals surface area contributed by atoms with Gasteiger partial charge in [-0.05, 0) is 49.5 Å². The minimum Gasteiger partial charge on any atom is -0.301 e. The summed E-state index contributed by atoms with van der Waals surface area (Å²) in [5.41, 5.74) is 2.57. The first kappa shape index (κ1) is 17.3. The van der Waals surface area contributed by atoms with Gasteiger partial charge in [-0.3, -0.25) is 0 Å². The van der Waals surface area contributed by atoms with E-state index in [0.29, 0.717) is 0 Å². The van der Waals surface area contributed by atoms with Crippen molar-refractivity contribution in [3.05, 3.63) is 69.7 Å². The van der Waals surface area contributed by atoms with Crippen molar-refractivity contribution in [1.82, 2.24) is 9.80 Å². The summed E-state index contributed by atoms with van der Waals surface area (Å²) in [6.45, 7) is 3.91. The number of rotatable bonds is 7. The summed E-state index contributed by atoms with van der Waals surface area (Å²) in [4.78, 5) is 4.64. The van der Waals surface area contributed by atoms with Gasteiger partial charge in [-0.2, -0.15) is 0 Å². The minimum atomic E-state index is 0.786. The number of nitrogens with zero attached hydrogens (tertiary/aromatic N) is 2. The second-order valence-corrected chi connectivity index (χ2v) is 6.60. The lowest BCUT2D eigenvalue weighted by molar-refractivity contribution is 0.247. The van der Waals surface area contributed by atoms with E-state index in [2.05, 4.69) is 48.2 Å². The van der Waals surface area contributed by atoms with Crippen LogP contribution in [0.1, 0.15) is 11.1 Å². The Hall–Kier alpha value is -1.06. The summed E-state index contributed by atoms with van der Waals surface area (Å²) < 4.78 is 0. The molecule has 0 N–H and O–H groups in total. The highest BCUT2D eigenvalue weighted by molar-refractivity contribution is 6.30. The van der Waals surface area contributed by atoms with Gasteiger partial charge >= 0.3 is 0 Å². The summed E-state index contributed by atoms with van der Waals surface area (Å²) in [6.07, 6.45) is 0. The van der Waals surface area contributed by atoms with E-state index in [0.717, 1.165) is 36.2 Å². The number of hydrogen-bond donors (Lipinski definition) is 0. The van der Waals surface area contributed by atoms with Gasteiger partial charge in [0.05, 0.1) is 0 Å². The third-order valence-corrected chi connectivity index (χ3v) is 4.10. The first-order valence-electron chi connectivity index (χ1n) is 7.39. The predicted molar refractivity (Wildman–Crippen MR) is 95.6 cm³/mol. The Kier molecular flexibility index (Phi) is 6.71. The molecule has 0 aliphatic rings. The molecule has 0 unspecified atom stereocenters. The van der Waals surface area contributed by atoms with Crippen molar-refractivity contribution in [2.24, 2.45) is 0 Å². The van der Waals surface area contributed by atoms with E-state index in [1.54, 1.807) is 0 Å². The lowest BCUT2D eigenvalue weighted by Gasteiger charge is -2.22. The van der Waals surface area contributed by atoms with Crippen molar-refractivity contribution in [3.63, 3.8) is 0 Å². The number of benzene rings is 2. The Morgan fingerprint density at radius 1 is 0.636 bits per heavy atom. The molecule has 22 heavy (non-hydrogen) atoms. The fourth-order valence-electron chi connectivity index (χ4n) is 2.30. The highest BCUT2D eigenvalue weighted by atomic mass is 35.5. The average Bonchev–Trinajstić information content (AvgIpc) is 2.50. The van der Waals surface area contributed by atoms with Crippen LogP contribution >= 0.6 is 23.2 Å². The van der Waals surface area contributed by atoms with E-state index in [1.807, 2.05) is 24.3 Å². The molecule has 0 saturated carbocycles. The van der Waals surface area contributed by atoms with Gasteiger partial charge in [-0.15, -0.1) is 0 Å². The highest BCUT2D eigenvalue weighted by Gasteiger charge is 2.04. The summed E-state index contributed by atoms with van der Waals surface area (Å²) in [5.74, 6) is 0. The van der Waals surface area contributed by atoms with Crippen LogP contribution in [0, 0.1) is 0 Å². The Morgan fingerprint density at radius 3 is 1.27 bits per heavy atom. The van der Waals surface area contributed by atoms with E-state index >= 15 is 0 Å². The maximum absolute atomic E-state index is 5.91. The van der Waals surface area contributed by atoms with Crippen molar-refractivity contribution in [3.8, 4) is 0 Å². The van der Waals surface area contributed by atoms with E-state index in [9.17, 15) is 0 Å². The molecule has 0 radical (unpaired) electrons. The van der Waals surface area contributed by atoms with E-state index in [4.69, 9.17) is 23.2 Å². The molecule has 0 heterocycles. The Balaban J connectivity index is 1.74. The quantitative estimate of drug-likeness (QED) is 0.731. The first-order chi connectivity index (χ1) is 10.5. The molecule has 4 heteroatoms. The smallest absolute Gasteiger partial charge is 0.0406 e. The van der Waals surface area contributed by atoms with Crippen molar-refractivity contribution < 1.29 is 0 Å². The third-order valence-electron chi connectivity index (χ3n) is 3.59. The van der Waals surface area contributed by atoms with E-state index < -0.39 is 0 Å². The lowest BCUT2D eigenvalue weighted by Crippen LogP contribution is -2.30. The fraction of sp³-hybridized carbons (Fsp3) is 0.333. The monoisotopic (exact) mass is 336 g/mol. The summed E-state index contributed by atoms with van der Waals surface area (Å²) in [6, 6.07) is 16.1. The molecule has 0 saturated heterocycles. The number of hydrogen-bond acceptors (Lipinski definition) is 2. The largest absolute Gasteiger partial charge is 0.301 e. The van der Waals surface area contributed by atoms with Crippen molar-refractivity contribution >= 4 is 23.2 Å². The average molecular weight is 337 g/mol. The van der Waals surface area contributed by atoms with E-state index in [-0.39, 0.29) is 0 Å². The standard InChI is InChI=1S/C18H22Cl2N2/c1-21(13-15-3-7-17(19)8-4-15)11-12-22(2)14-16-5-9-18(20)10-6-16/h3-10H,11-14H2,1-2H3. The fourth-order valence-corrected chi connectivity index (χ4v) is 2.55. The van der Waals surface area contributed by atoms with Gasteiger partial charge in [0.25, 0.3) is 0 Å². The molecule has 0 amide bonds. The van der Waals surface area contributed by atoms with Gasteiger partial charge in [0.2, 0.25) is 0 Å². The van der Waals surface area contributed by atoms with Gasteiger partial charge in [-0.1, -0.05) is 47.5 Å². The van der Waals surface area contributed by atoms with Gasteiger partial charge in [0.15, 0.2) is 0 Å². The Bertz CT molecular complexity index is 513. The summed E-state index contributed by atoms with van der Waals surface area (Å²) in [7, 11) is 4.29. The van der Waals surface area contributed by atoms with Crippen molar-refractivity contribution in [2.75, 3.05) is 27.2 Å². The lowest BCUT2D eigenvalue weighted by atomic mass is 10.2. The number of likely N-dealkylation sites (N-methyl/N-ethyl adjacent to an activating group) is 2. The molecule has 0 aromatic heterocycles. The molecule has 2 aromatic rings. The molecule has 0 fully saturated rings. The third kappa shape index (κ3) is 5.98. The van der Waals surface area contributed by atoms with Crippen LogP contribution in [0.4, 0.5) is 0 Å². The van der Waals surface area contributed by atoms with Crippen molar-refractivity contribution in [1.29, 1.82) is 0 Å². The molecule has 0 aliphatic heterocycles. The molecular weight excluding hydrogens is 315 g/mol. The molecule has 0 atom stereocenters. The molecular formula is C18H22Cl2N2. The normalized spacial score (nSPS) is 11.4. The zero-order chi connectivity index (χ0) is 15.9. The molecule has 0 bridgehead atoms. The minimum absolute atomic E-state index is 0.786. The van der Waals surface area contributed by atoms with Gasteiger partial charge < -0.3 is 9.80 Å². The zero-order valence-corrected chi connectivity index (χ0v) is 14.6. The molecule has 2 aromatic carbocycles. The summed E-state index contributed by atoms with van der Waals surface area (Å²) >= 11 is 11.8. The summed E-state index contributed by atoms with van der Waals surface area (Å²) in [5, 5.41) is 1.57. The van der Waals surface area contributed by atoms with Crippen LogP contribution in [0.5, 0.6) is 0 Å². The maximum Gasteiger partial charge on any atom is 0.0406 e. The Labute approximate surface area is 143 Å².